The molecule has 1 saturated heterocycles. The number of likely N-dealkylation sites (tertiary alicyclic amines) is 1. The fraction of sp³-hybridized carbons (Fsp3) is 0.600. The fourth-order valence-corrected chi connectivity index (χ4v) is 3.60. The highest BCUT2D eigenvalue weighted by Crippen LogP contribution is 2.34. The Balaban J connectivity index is 1.77. The van der Waals surface area contributed by atoms with Crippen LogP contribution < -0.4 is 5.32 Å². The number of piperidine rings is 1. The third kappa shape index (κ3) is 4.18. The largest absolute Gasteiger partial charge is 0.467 e. The molecule has 2 fully saturated rings. The first-order chi connectivity index (χ1) is 12.6. The van der Waals surface area contributed by atoms with Crippen molar-refractivity contribution in [2.75, 3.05) is 38.7 Å². The Bertz CT molecular complexity index is 649. The molecule has 0 spiro atoms. The minimum absolute atomic E-state index is 0.276. The quantitative estimate of drug-likeness (QED) is 0.754. The van der Waals surface area contributed by atoms with E-state index in [4.69, 9.17) is 9.47 Å². The van der Waals surface area contributed by atoms with E-state index in [-0.39, 0.29) is 11.9 Å². The van der Waals surface area contributed by atoms with Crippen molar-refractivity contribution in [1.29, 1.82) is 0 Å². The molecule has 0 bridgehead atoms. The first kappa shape index (κ1) is 18.7. The Morgan fingerprint density at radius 2 is 1.92 bits per heavy atom. The molecular weight excluding hydrogens is 332 g/mol. The van der Waals surface area contributed by atoms with Gasteiger partial charge in [-0.05, 0) is 50.7 Å². The molecule has 1 saturated carbocycles. The second kappa shape index (κ2) is 8.08. The minimum Gasteiger partial charge on any atom is -0.467 e. The van der Waals surface area contributed by atoms with E-state index in [1.807, 2.05) is 12.1 Å². The maximum Gasteiger partial charge on any atom is 0.340 e. The highest BCUT2D eigenvalue weighted by Gasteiger charge is 2.43. The van der Waals surface area contributed by atoms with Gasteiger partial charge in [0.15, 0.2) is 0 Å². The van der Waals surface area contributed by atoms with Crippen LogP contribution in [0.3, 0.4) is 0 Å². The van der Waals surface area contributed by atoms with Crippen molar-refractivity contribution in [3.8, 4) is 0 Å². The van der Waals surface area contributed by atoms with E-state index in [1.54, 1.807) is 19.1 Å². The molecule has 6 nitrogen and oxygen atoms in total. The summed E-state index contributed by atoms with van der Waals surface area (Å²) in [6.45, 7) is 4.90. The topological polar surface area (TPSA) is 67.9 Å². The highest BCUT2D eigenvalue weighted by atomic mass is 16.5. The predicted octanol–water partition coefficient (Wildman–Crippen LogP) is 2.69. The number of rotatable bonds is 7. The number of esters is 2. The molecule has 0 atom stereocenters. The molecule has 0 unspecified atom stereocenters. The number of nitrogens with one attached hydrogen (secondary N) is 1. The van der Waals surface area contributed by atoms with E-state index >= 15 is 0 Å². The van der Waals surface area contributed by atoms with Crippen LogP contribution >= 0.6 is 0 Å². The summed E-state index contributed by atoms with van der Waals surface area (Å²) < 4.78 is 10.2. The normalized spacial score (nSPS) is 19.6. The third-order valence-corrected chi connectivity index (χ3v) is 5.30. The maximum absolute atomic E-state index is 12.6. The average Bonchev–Trinajstić information content (AvgIpc) is 3.47. The van der Waals surface area contributed by atoms with E-state index in [0.29, 0.717) is 30.7 Å². The van der Waals surface area contributed by atoms with Crippen molar-refractivity contribution in [3.05, 3.63) is 29.8 Å². The molecule has 1 heterocycles. The van der Waals surface area contributed by atoms with Crippen LogP contribution in [0.5, 0.6) is 0 Å². The molecule has 142 valence electrons. The molecule has 0 radical (unpaired) electrons. The standard InChI is InChI=1S/C20H28N2O4/c1-3-26-18(23)16-6-4-5-7-17(16)21-20(19(24)25-2)10-12-22(13-11-20)14-15-8-9-15/h4-7,15,21H,3,8-14H2,1-2H3. The molecule has 1 aliphatic carbocycles. The molecular formula is C20H28N2O4. The van der Waals surface area contributed by atoms with Crippen LogP contribution in [0.4, 0.5) is 5.69 Å². The minimum atomic E-state index is -0.808. The van der Waals surface area contributed by atoms with Crippen LogP contribution in [0.15, 0.2) is 24.3 Å². The number of methoxy groups -OCH3 is 1. The van der Waals surface area contributed by atoms with Gasteiger partial charge in [0, 0.05) is 25.3 Å². The van der Waals surface area contributed by atoms with Gasteiger partial charge in [0.1, 0.15) is 5.54 Å². The number of ether oxygens (including phenoxy) is 2. The van der Waals surface area contributed by atoms with Crippen LogP contribution in [-0.2, 0) is 14.3 Å². The van der Waals surface area contributed by atoms with Crippen LogP contribution in [0, 0.1) is 5.92 Å². The summed E-state index contributed by atoms with van der Waals surface area (Å²) in [4.78, 5) is 27.3. The van der Waals surface area contributed by atoms with E-state index in [2.05, 4.69) is 10.2 Å². The number of carbonyl (C=O) groups is 2. The van der Waals surface area contributed by atoms with E-state index < -0.39 is 5.54 Å². The number of carbonyl (C=O) groups excluding carboxylic acids is 2. The molecule has 3 rings (SSSR count). The van der Waals surface area contributed by atoms with Gasteiger partial charge in [-0.2, -0.15) is 0 Å². The lowest BCUT2D eigenvalue weighted by Crippen LogP contribution is -2.55. The monoisotopic (exact) mass is 360 g/mol. The Labute approximate surface area is 154 Å². The van der Waals surface area contributed by atoms with E-state index in [9.17, 15) is 9.59 Å². The van der Waals surface area contributed by atoms with Gasteiger partial charge < -0.3 is 19.7 Å². The fourth-order valence-electron chi connectivity index (χ4n) is 3.60. The lowest BCUT2D eigenvalue weighted by molar-refractivity contribution is -0.147. The molecule has 6 heteroatoms. The van der Waals surface area contributed by atoms with Crippen molar-refractivity contribution >= 4 is 17.6 Å². The first-order valence-electron chi connectivity index (χ1n) is 9.43. The van der Waals surface area contributed by atoms with Gasteiger partial charge in [-0.25, -0.2) is 9.59 Å². The zero-order chi connectivity index (χ0) is 18.6. The smallest absolute Gasteiger partial charge is 0.340 e. The van der Waals surface area contributed by atoms with Crippen molar-refractivity contribution in [2.24, 2.45) is 5.92 Å². The van der Waals surface area contributed by atoms with Crippen molar-refractivity contribution in [2.45, 2.75) is 38.1 Å². The van der Waals surface area contributed by atoms with Crippen LogP contribution in [0.1, 0.15) is 43.0 Å². The van der Waals surface area contributed by atoms with Crippen molar-refractivity contribution in [1.82, 2.24) is 4.90 Å². The summed E-state index contributed by atoms with van der Waals surface area (Å²) in [7, 11) is 1.42. The SMILES string of the molecule is CCOC(=O)c1ccccc1NC1(C(=O)OC)CCN(CC2CC2)CC1. The Morgan fingerprint density at radius 3 is 2.54 bits per heavy atom. The Morgan fingerprint density at radius 1 is 1.23 bits per heavy atom. The summed E-state index contributed by atoms with van der Waals surface area (Å²) in [6, 6.07) is 7.17. The summed E-state index contributed by atoms with van der Waals surface area (Å²) in [5.41, 5.74) is 0.252. The molecule has 1 aromatic carbocycles. The van der Waals surface area contributed by atoms with Gasteiger partial charge in [0.25, 0.3) is 0 Å². The van der Waals surface area contributed by atoms with Crippen molar-refractivity contribution < 1.29 is 19.1 Å². The zero-order valence-corrected chi connectivity index (χ0v) is 15.6. The van der Waals surface area contributed by atoms with Crippen molar-refractivity contribution in [3.63, 3.8) is 0 Å². The van der Waals surface area contributed by atoms with Gasteiger partial charge in [0.05, 0.1) is 19.3 Å². The first-order valence-corrected chi connectivity index (χ1v) is 9.43. The molecule has 26 heavy (non-hydrogen) atoms. The zero-order valence-electron chi connectivity index (χ0n) is 15.6. The number of para-hydroxylation sites is 1. The molecule has 1 N–H and O–H groups in total. The van der Waals surface area contributed by atoms with Crippen LogP contribution in [-0.4, -0.2) is 55.7 Å². The summed E-state index contributed by atoms with van der Waals surface area (Å²) in [5, 5.41) is 3.34. The molecule has 1 aromatic rings. The molecule has 0 amide bonds. The number of anilines is 1. The van der Waals surface area contributed by atoms with Gasteiger partial charge in [0.2, 0.25) is 0 Å². The van der Waals surface area contributed by atoms with Gasteiger partial charge in [-0.1, -0.05) is 12.1 Å². The van der Waals surface area contributed by atoms with Crippen LogP contribution in [0.25, 0.3) is 0 Å². The Kier molecular flexibility index (Phi) is 5.81. The molecule has 2 aliphatic rings. The summed E-state index contributed by atoms with van der Waals surface area (Å²) in [6.07, 6.45) is 3.96. The van der Waals surface area contributed by atoms with Gasteiger partial charge in [-0.3, -0.25) is 0 Å². The highest BCUT2D eigenvalue weighted by molar-refractivity contribution is 5.97. The lowest BCUT2D eigenvalue weighted by Gasteiger charge is -2.41. The van der Waals surface area contributed by atoms with E-state index in [0.717, 1.165) is 25.6 Å². The number of hydrogen-bond donors (Lipinski definition) is 1. The number of nitrogens with zero attached hydrogens (tertiary/aromatic N) is 1. The average molecular weight is 360 g/mol. The predicted molar refractivity (Wildman–Crippen MR) is 99.2 cm³/mol. The summed E-state index contributed by atoms with van der Waals surface area (Å²) in [5.74, 6) is 0.169. The Hall–Kier alpha value is -2.08. The van der Waals surface area contributed by atoms with Gasteiger partial charge >= 0.3 is 11.9 Å². The lowest BCUT2D eigenvalue weighted by atomic mass is 9.86. The molecule has 1 aliphatic heterocycles. The second-order valence-electron chi connectivity index (χ2n) is 7.21. The van der Waals surface area contributed by atoms with Crippen LogP contribution in [0.2, 0.25) is 0 Å². The second-order valence-corrected chi connectivity index (χ2v) is 7.21. The number of hydrogen-bond acceptors (Lipinski definition) is 6. The van der Waals surface area contributed by atoms with E-state index in [1.165, 1.54) is 20.0 Å². The molecule has 0 aromatic heterocycles. The maximum atomic E-state index is 12.6. The third-order valence-electron chi connectivity index (χ3n) is 5.30. The van der Waals surface area contributed by atoms with Gasteiger partial charge in [-0.15, -0.1) is 0 Å². The number of benzene rings is 1. The summed E-state index contributed by atoms with van der Waals surface area (Å²) >= 11 is 0.